The Kier molecular flexibility index (Phi) is 5.83. The van der Waals surface area contributed by atoms with Crippen molar-refractivity contribution in [1.29, 1.82) is 0 Å². The topological polar surface area (TPSA) is 58.6 Å². The Morgan fingerprint density at radius 2 is 2.23 bits per heavy atom. The van der Waals surface area contributed by atoms with Gasteiger partial charge in [-0.3, -0.25) is 4.79 Å². The van der Waals surface area contributed by atoms with Gasteiger partial charge in [-0.25, -0.2) is 0 Å². The van der Waals surface area contributed by atoms with Gasteiger partial charge in [0, 0.05) is 6.54 Å². The molecule has 1 unspecified atom stereocenters. The molecule has 1 saturated carbocycles. The summed E-state index contributed by atoms with van der Waals surface area (Å²) in [6.45, 7) is 4.68. The molecule has 2 N–H and O–H groups in total. The summed E-state index contributed by atoms with van der Waals surface area (Å²) >= 11 is 0. The maximum absolute atomic E-state index is 12.2. The van der Waals surface area contributed by atoms with Crippen molar-refractivity contribution in [1.82, 2.24) is 5.32 Å². The molecule has 4 heteroatoms. The second-order valence-electron chi connectivity index (χ2n) is 6.39. The van der Waals surface area contributed by atoms with Crippen LogP contribution in [0.5, 0.6) is 5.75 Å². The normalized spacial score (nSPS) is 17.4. The van der Waals surface area contributed by atoms with Crippen molar-refractivity contribution in [3.63, 3.8) is 0 Å². The van der Waals surface area contributed by atoms with Crippen molar-refractivity contribution in [2.75, 3.05) is 6.54 Å². The van der Waals surface area contributed by atoms with Gasteiger partial charge in [0.05, 0.1) is 6.61 Å². The quantitative estimate of drug-likeness (QED) is 0.776. The molecule has 122 valence electrons. The number of benzene rings is 1. The fourth-order valence-corrected chi connectivity index (χ4v) is 3.12. The minimum absolute atomic E-state index is 0.0304. The lowest BCUT2D eigenvalue weighted by atomic mass is 9.66. The number of amides is 1. The molecule has 1 amide bonds. The van der Waals surface area contributed by atoms with Crippen LogP contribution in [0.4, 0.5) is 0 Å². The van der Waals surface area contributed by atoms with Gasteiger partial charge in [0.2, 0.25) is 0 Å². The van der Waals surface area contributed by atoms with Gasteiger partial charge in [0.25, 0.3) is 5.91 Å². The number of aliphatic hydroxyl groups is 1. The Bertz CT molecular complexity index is 497. The summed E-state index contributed by atoms with van der Waals surface area (Å²) in [6, 6.07) is 7.19. The average Bonchev–Trinajstić information content (AvgIpc) is 2.49. The van der Waals surface area contributed by atoms with E-state index < -0.39 is 6.10 Å². The van der Waals surface area contributed by atoms with E-state index in [9.17, 15) is 4.79 Å². The lowest BCUT2D eigenvalue weighted by Gasteiger charge is -2.42. The highest BCUT2D eigenvalue weighted by Gasteiger charge is 2.36. The molecule has 4 nitrogen and oxygen atoms in total. The molecule has 1 fully saturated rings. The van der Waals surface area contributed by atoms with Gasteiger partial charge in [0.1, 0.15) is 5.75 Å². The largest absolute Gasteiger partial charge is 0.481 e. The molecule has 1 aromatic rings. The van der Waals surface area contributed by atoms with E-state index in [0.717, 1.165) is 18.5 Å². The predicted octanol–water partition coefficient (Wildman–Crippen LogP) is 3.03. The molecule has 0 spiro atoms. The van der Waals surface area contributed by atoms with Crippen molar-refractivity contribution < 1.29 is 14.6 Å². The van der Waals surface area contributed by atoms with Crippen molar-refractivity contribution in [2.45, 2.75) is 58.7 Å². The minimum atomic E-state index is -0.535. The van der Waals surface area contributed by atoms with Crippen LogP contribution in [0.3, 0.4) is 0 Å². The number of rotatable bonds is 8. The van der Waals surface area contributed by atoms with E-state index in [1.54, 1.807) is 19.1 Å². The molecule has 0 heterocycles. The van der Waals surface area contributed by atoms with Gasteiger partial charge in [0.15, 0.2) is 6.10 Å². The standard InChI is InChI=1S/C18H27NO3/c1-3-8-18(9-5-10-18)13-19-17(21)14(2)22-16-7-4-6-15(11-16)12-20/h4,6-7,11,14,20H,3,5,8-10,12-13H2,1-2H3,(H,19,21). The summed E-state index contributed by atoms with van der Waals surface area (Å²) in [4.78, 5) is 12.2. The number of nitrogens with one attached hydrogen (secondary N) is 1. The van der Waals surface area contributed by atoms with Crippen LogP contribution in [-0.2, 0) is 11.4 Å². The maximum atomic E-state index is 12.2. The highest BCUT2D eigenvalue weighted by molar-refractivity contribution is 5.80. The molecule has 0 aliphatic heterocycles. The van der Waals surface area contributed by atoms with E-state index >= 15 is 0 Å². The van der Waals surface area contributed by atoms with Crippen LogP contribution in [0.2, 0.25) is 0 Å². The van der Waals surface area contributed by atoms with E-state index in [2.05, 4.69) is 12.2 Å². The smallest absolute Gasteiger partial charge is 0.260 e. The Balaban J connectivity index is 1.84. The Morgan fingerprint density at radius 1 is 1.45 bits per heavy atom. The zero-order valence-corrected chi connectivity index (χ0v) is 13.6. The maximum Gasteiger partial charge on any atom is 0.260 e. The third-order valence-electron chi connectivity index (χ3n) is 4.60. The summed E-state index contributed by atoms with van der Waals surface area (Å²) < 4.78 is 5.67. The van der Waals surface area contributed by atoms with Crippen LogP contribution in [0.25, 0.3) is 0 Å². The van der Waals surface area contributed by atoms with Gasteiger partial charge < -0.3 is 15.2 Å². The third kappa shape index (κ3) is 4.23. The van der Waals surface area contributed by atoms with Crippen LogP contribution >= 0.6 is 0 Å². The monoisotopic (exact) mass is 305 g/mol. The van der Waals surface area contributed by atoms with Crippen molar-refractivity contribution in [2.24, 2.45) is 5.41 Å². The van der Waals surface area contributed by atoms with Crippen molar-refractivity contribution >= 4 is 5.91 Å². The van der Waals surface area contributed by atoms with Crippen LogP contribution in [-0.4, -0.2) is 23.7 Å². The first kappa shape index (κ1) is 16.8. The fraction of sp³-hybridized carbons (Fsp3) is 0.611. The van der Waals surface area contributed by atoms with E-state index in [-0.39, 0.29) is 12.5 Å². The van der Waals surface area contributed by atoms with Gasteiger partial charge in [-0.1, -0.05) is 31.9 Å². The molecule has 0 aromatic heterocycles. The molecule has 0 radical (unpaired) electrons. The summed E-state index contributed by atoms with van der Waals surface area (Å²) in [5.41, 5.74) is 1.10. The second-order valence-corrected chi connectivity index (χ2v) is 6.39. The molecule has 1 aliphatic carbocycles. The van der Waals surface area contributed by atoms with Gasteiger partial charge in [-0.05, 0) is 49.3 Å². The zero-order chi connectivity index (χ0) is 16.0. The third-order valence-corrected chi connectivity index (χ3v) is 4.60. The fourth-order valence-electron chi connectivity index (χ4n) is 3.12. The van der Waals surface area contributed by atoms with E-state index in [4.69, 9.17) is 9.84 Å². The van der Waals surface area contributed by atoms with Crippen molar-refractivity contribution in [3.05, 3.63) is 29.8 Å². The van der Waals surface area contributed by atoms with Crippen LogP contribution in [0.15, 0.2) is 24.3 Å². The predicted molar refractivity (Wildman–Crippen MR) is 86.7 cm³/mol. The first-order valence-corrected chi connectivity index (χ1v) is 8.23. The SMILES string of the molecule is CCCC1(CNC(=O)C(C)Oc2cccc(CO)c2)CCC1. The van der Waals surface area contributed by atoms with Crippen LogP contribution in [0, 0.1) is 5.41 Å². The first-order valence-electron chi connectivity index (χ1n) is 8.23. The Hall–Kier alpha value is -1.55. The van der Waals surface area contributed by atoms with Crippen LogP contribution in [0.1, 0.15) is 51.5 Å². The molecular formula is C18H27NO3. The lowest BCUT2D eigenvalue weighted by Crippen LogP contribution is -2.45. The number of carbonyl (C=O) groups excluding carboxylic acids is 1. The minimum Gasteiger partial charge on any atom is -0.481 e. The first-order chi connectivity index (χ1) is 10.6. The van der Waals surface area contributed by atoms with Gasteiger partial charge in [-0.15, -0.1) is 0 Å². The zero-order valence-electron chi connectivity index (χ0n) is 13.6. The van der Waals surface area contributed by atoms with E-state index in [1.165, 1.54) is 25.7 Å². The Morgan fingerprint density at radius 3 is 2.82 bits per heavy atom. The molecule has 1 aliphatic rings. The summed E-state index contributed by atoms with van der Waals surface area (Å²) in [5.74, 6) is 0.540. The number of ether oxygens (including phenoxy) is 1. The number of carbonyl (C=O) groups is 1. The highest BCUT2D eigenvalue weighted by Crippen LogP contribution is 2.44. The van der Waals surface area contributed by atoms with Crippen LogP contribution < -0.4 is 10.1 Å². The molecule has 1 aromatic carbocycles. The molecule has 1 atom stereocenters. The van der Waals surface area contributed by atoms with Gasteiger partial charge >= 0.3 is 0 Å². The molecule has 22 heavy (non-hydrogen) atoms. The Labute approximate surface area is 132 Å². The number of aliphatic hydroxyl groups excluding tert-OH is 1. The van der Waals surface area contributed by atoms with Crippen molar-refractivity contribution in [3.8, 4) is 5.75 Å². The highest BCUT2D eigenvalue weighted by atomic mass is 16.5. The molecular weight excluding hydrogens is 278 g/mol. The number of hydrogen-bond acceptors (Lipinski definition) is 3. The van der Waals surface area contributed by atoms with Gasteiger partial charge in [-0.2, -0.15) is 0 Å². The summed E-state index contributed by atoms with van der Waals surface area (Å²) in [7, 11) is 0. The lowest BCUT2D eigenvalue weighted by molar-refractivity contribution is -0.128. The second kappa shape index (κ2) is 7.63. The molecule has 0 saturated heterocycles. The molecule has 2 rings (SSSR count). The van der Waals surface area contributed by atoms with E-state index in [1.807, 2.05) is 12.1 Å². The summed E-state index contributed by atoms with van der Waals surface area (Å²) in [6.07, 6.45) is 5.52. The van der Waals surface area contributed by atoms with E-state index in [0.29, 0.717) is 11.2 Å². The number of hydrogen-bond donors (Lipinski definition) is 2. The average molecular weight is 305 g/mol. The summed E-state index contributed by atoms with van der Waals surface area (Å²) in [5, 5.41) is 12.2. The molecule has 0 bridgehead atoms.